The Morgan fingerprint density at radius 2 is 1.92 bits per heavy atom. The van der Waals surface area contributed by atoms with Gasteiger partial charge in [0.05, 0.1) is 11.9 Å². The molecule has 60 valence electrons. The van der Waals surface area contributed by atoms with Crippen molar-refractivity contribution < 1.29 is 0 Å². The topological polar surface area (TPSA) is 43.8 Å². The van der Waals surface area contributed by atoms with E-state index in [9.17, 15) is 0 Å². The van der Waals surface area contributed by atoms with Crippen LogP contribution in [0.2, 0.25) is 0 Å². The van der Waals surface area contributed by atoms with Gasteiger partial charge in [-0.05, 0) is 24.3 Å². The van der Waals surface area contributed by atoms with Crippen LogP contribution in [0.3, 0.4) is 0 Å². The number of hydrogen-bond acceptors (Lipinski definition) is 2. The quantitative estimate of drug-likeness (QED) is 0.684. The molecule has 0 atom stereocenters. The van der Waals surface area contributed by atoms with Gasteiger partial charge in [-0.3, -0.25) is 0 Å². The molecule has 3 nitrogen and oxygen atoms in total. The van der Waals surface area contributed by atoms with E-state index in [0.717, 1.165) is 5.82 Å². The van der Waals surface area contributed by atoms with Crippen LogP contribution in [0, 0.1) is 0 Å². The van der Waals surface area contributed by atoms with Crippen LogP contribution in [0.1, 0.15) is 0 Å². The van der Waals surface area contributed by atoms with Crippen LogP contribution >= 0.6 is 0 Å². The minimum absolute atomic E-state index is 0.686. The molecule has 2 rings (SSSR count). The van der Waals surface area contributed by atoms with Crippen LogP contribution in [0.5, 0.6) is 0 Å². The Balaban J connectivity index is 2.43. The highest BCUT2D eigenvalue weighted by Gasteiger charge is 1.93. The van der Waals surface area contributed by atoms with Crippen LogP contribution in [-0.2, 0) is 0 Å². The Hall–Kier alpha value is -1.77. The summed E-state index contributed by atoms with van der Waals surface area (Å²) in [6.45, 7) is 0. The first-order valence-corrected chi connectivity index (χ1v) is 3.71. The molecule has 0 aliphatic rings. The van der Waals surface area contributed by atoms with Gasteiger partial charge in [0.25, 0.3) is 0 Å². The number of anilines is 1. The first-order chi connectivity index (χ1) is 5.86. The van der Waals surface area contributed by atoms with Gasteiger partial charge >= 0.3 is 0 Å². The third-order valence-electron chi connectivity index (χ3n) is 1.64. The van der Waals surface area contributed by atoms with Crippen LogP contribution in [0.4, 0.5) is 5.69 Å². The minimum Gasteiger partial charge on any atom is -0.397 e. The van der Waals surface area contributed by atoms with Crippen molar-refractivity contribution in [3.8, 4) is 5.82 Å². The number of aromatic nitrogens is 2. The molecule has 3 heteroatoms. The Morgan fingerprint density at radius 1 is 1.17 bits per heavy atom. The summed E-state index contributed by atoms with van der Waals surface area (Å²) in [5.41, 5.74) is 6.19. The molecular weight excluding hydrogens is 150 g/mol. The normalized spacial score (nSPS) is 10.0. The highest BCUT2D eigenvalue weighted by Crippen LogP contribution is 2.06. The van der Waals surface area contributed by atoms with Crippen molar-refractivity contribution in [1.29, 1.82) is 0 Å². The zero-order valence-electron chi connectivity index (χ0n) is 6.51. The van der Waals surface area contributed by atoms with Crippen LogP contribution in [0.15, 0.2) is 42.9 Å². The Morgan fingerprint density at radius 3 is 2.50 bits per heavy atom. The first-order valence-electron chi connectivity index (χ1n) is 3.71. The SMILES string of the molecule is Nc1ccc(-n2cccc2)nc1. The third-order valence-corrected chi connectivity index (χ3v) is 1.64. The zero-order valence-corrected chi connectivity index (χ0v) is 6.51. The van der Waals surface area contributed by atoms with E-state index in [2.05, 4.69) is 4.98 Å². The van der Waals surface area contributed by atoms with Gasteiger partial charge in [0.15, 0.2) is 0 Å². The van der Waals surface area contributed by atoms with Crippen molar-refractivity contribution in [3.05, 3.63) is 42.9 Å². The molecule has 0 unspecified atom stereocenters. The zero-order chi connectivity index (χ0) is 8.39. The number of rotatable bonds is 1. The Bertz CT molecular complexity index is 348. The molecule has 2 aromatic rings. The molecule has 0 bridgehead atoms. The molecule has 0 radical (unpaired) electrons. The molecular formula is C9H9N3. The maximum atomic E-state index is 5.51. The smallest absolute Gasteiger partial charge is 0.136 e. The Kier molecular flexibility index (Phi) is 1.55. The molecule has 2 aromatic heterocycles. The molecule has 0 amide bonds. The van der Waals surface area contributed by atoms with Gasteiger partial charge in [0.2, 0.25) is 0 Å². The summed E-state index contributed by atoms with van der Waals surface area (Å²) in [6, 6.07) is 7.63. The second-order valence-electron chi connectivity index (χ2n) is 2.54. The highest BCUT2D eigenvalue weighted by molar-refractivity contribution is 5.38. The Labute approximate surface area is 70.5 Å². The van der Waals surface area contributed by atoms with E-state index in [1.165, 1.54) is 0 Å². The van der Waals surface area contributed by atoms with Gasteiger partial charge in [0.1, 0.15) is 5.82 Å². The standard InChI is InChI=1S/C9H9N3/c10-8-3-4-9(11-7-8)12-5-1-2-6-12/h1-7H,10H2. The summed E-state index contributed by atoms with van der Waals surface area (Å²) >= 11 is 0. The summed E-state index contributed by atoms with van der Waals surface area (Å²) in [7, 11) is 0. The summed E-state index contributed by atoms with van der Waals surface area (Å²) in [6.07, 6.45) is 5.53. The van der Waals surface area contributed by atoms with Gasteiger partial charge in [-0.1, -0.05) is 0 Å². The number of nitrogens with two attached hydrogens (primary N) is 1. The number of nitrogens with zero attached hydrogens (tertiary/aromatic N) is 2. The fourth-order valence-electron chi connectivity index (χ4n) is 1.04. The maximum Gasteiger partial charge on any atom is 0.136 e. The summed E-state index contributed by atoms with van der Waals surface area (Å²) < 4.78 is 1.93. The summed E-state index contributed by atoms with van der Waals surface area (Å²) in [4.78, 5) is 4.16. The van der Waals surface area contributed by atoms with Crippen molar-refractivity contribution in [2.75, 3.05) is 5.73 Å². The molecule has 12 heavy (non-hydrogen) atoms. The number of nitrogen functional groups attached to an aromatic ring is 1. The van der Waals surface area contributed by atoms with Gasteiger partial charge in [-0.25, -0.2) is 4.98 Å². The van der Waals surface area contributed by atoms with E-state index in [4.69, 9.17) is 5.73 Å². The van der Waals surface area contributed by atoms with E-state index in [1.807, 2.05) is 41.2 Å². The number of pyridine rings is 1. The fourth-order valence-corrected chi connectivity index (χ4v) is 1.04. The largest absolute Gasteiger partial charge is 0.397 e. The van der Waals surface area contributed by atoms with Crippen molar-refractivity contribution in [1.82, 2.24) is 9.55 Å². The molecule has 2 N–H and O–H groups in total. The van der Waals surface area contributed by atoms with E-state index in [-0.39, 0.29) is 0 Å². The molecule has 0 saturated heterocycles. The van der Waals surface area contributed by atoms with Gasteiger partial charge in [0, 0.05) is 12.4 Å². The second-order valence-corrected chi connectivity index (χ2v) is 2.54. The molecule has 0 fully saturated rings. The molecule has 0 aromatic carbocycles. The maximum absolute atomic E-state index is 5.51. The molecule has 0 aliphatic heterocycles. The average Bonchev–Trinajstić information content (AvgIpc) is 2.58. The predicted octanol–water partition coefficient (Wildman–Crippen LogP) is 1.45. The highest BCUT2D eigenvalue weighted by atomic mass is 15.0. The van der Waals surface area contributed by atoms with Gasteiger partial charge in [-0.2, -0.15) is 0 Å². The van der Waals surface area contributed by atoms with E-state index in [0.29, 0.717) is 5.69 Å². The van der Waals surface area contributed by atoms with Crippen LogP contribution in [-0.4, -0.2) is 9.55 Å². The van der Waals surface area contributed by atoms with E-state index in [1.54, 1.807) is 6.20 Å². The van der Waals surface area contributed by atoms with Crippen molar-refractivity contribution in [2.45, 2.75) is 0 Å². The third kappa shape index (κ3) is 1.16. The van der Waals surface area contributed by atoms with Gasteiger partial charge in [-0.15, -0.1) is 0 Å². The predicted molar refractivity (Wildman–Crippen MR) is 48.0 cm³/mol. The minimum atomic E-state index is 0.686. The van der Waals surface area contributed by atoms with Crippen molar-refractivity contribution >= 4 is 5.69 Å². The van der Waals surface area contributed by atoms with Gasteiger partial charge < -0.3 is 10.3 Å². The van der Waals surface area contributed by atoms with Crippen LogP contribution < -0.4 is 5.73 Å². The lowest BCUT2D eigenvalue weighted by Crippen LogP contribution is -1.94. The lowest BCUT2D eigenvalue weighted by atomic mass is 10.4. The van der Waals surface area contributed by atoms with Crippen LogP contribution in [0.25, 0.3) is 5.82 Å². The molecule has 0 saturated carbocycles. The van der Waals surface area contributed by atoms with Crippen molar-refractivity contribution in [3.63, 3.8) is 0 Å². The van der Waals surface area contributed by atoms with Crippen molar-refractivity contribution in [2.24, 2.45) is 0 Å². The monoisotopic (exact) mass is 159 g/mol. The van der Waals surface area contributed by atoms with E-state index < -0.39 is 0 Å². The molecule has 0 spiro atoms. The second kappa shape index (κ2) is 2.70. The lowest BCUT2D eigenvalue weighted by molar-refractivity contribution is 1.01. The lowest BCUT2D eigenvalue weighted by Gasteiger charge is -2.00. The molecule has 2 heterocycles. The molecule has 0 aliphatic carbocycles. The first kappa shape index (κ1) is 6.91. The summed E-state index contributed by atoms with van der Waals surface area (Å²) in [5, 5.41) is 0. The number of hydrogen-bond donors (Lipinski definition) is 1. The van der Waals surface area contributed by atoms with E-state index >= 15 is 0 Å². The average molecular weight is 159 g/mol. The fraction of sp³-hybridized carbons (Fsp3) is 0. The summed E-state index contributed by atoms with van der Waals surface area (Å²) in [5.74, 6) is 0.884.